The molecule has 1 amide bonds. The first kappa shape index (κ1) is 29.1. The summed E-state index contributed by atoms with van der Waals surface area (Å²) in [6.07, 6.45) is -1.01. The maximum atomic E-state index is 13.7. The highest BCUT2D eigenvalue weighted by Crippen LogP contribution is 2.41. The van der Waals surface area contributed by atoms with Crippen LogP contribution in [0.1, 0.15) is 46.8 Å². The number of methoxy groups -OCH3 is 1. The third-order valence-electron chi connectivity index (χ3n) is 6.20. The average Bonchev–Trinajstić information content (AvgIpc) is 3.42. The van der Waals surface area contributed by atoms with Crippen molar-refractivity contribution >= 4 is 45.1 Å². The van der Waals surface area contributed by atoms with Gasteiger partial charge in [-0.25, -0.2) is 18.0 Å². The smallest absolute Gasteiger partial charge is 0.413 e. The SMILES string of the molecule is CCCCOC(=O)c1ccc(NC(=O)OC2c3ccsc3CC(C(=O)O)N2S(=O)(=O)c2ccc(OC)cc2)cc1. The predicted octanol–water partition coefficient (Wildman–Crippen LogP) is 4.66. The van der Waals surface area contributed by atoms with Crippen LogP contribution >= 0.6 is 11.3 Å². The van der Waals surface area contributed by atoms with Gasteiger partial charge >= 0.3 is 18.0 Å². The Morgan fingerprint density at radius 3 is 2.40 bits per heavy atom. The molecule has 0 fully saturated rings. The fourth-order valence-corrected chi connectivity index (χ4v) is 6.68. The second-order valence-electron chi connectivity index (χ2n) is 8.82. The summed E-state index contributed by atoms with van der Waals surface area (Å²) in [7, 11) is -3.02. The van der Waals surface area contributed by atoms with Crippen molar-refractivity contribution in [1.82, 2.24) is 4.31 Å². The van der Waals surface area contributed by atoms with E-state index in [4.69, 9.17) is 14.2 Å². The van der Waals surface area contributed by atoms with Gasteiger partial charge in [-0.2, -0.15) is 0 Å². The van der Waals surface area contributed by atoms with Crippen LogP contribution in [0, 0.1) is 0 Å². The highest BCUT2D eigenvalue weighted by Gasteiger charge is 2.48. The largest absolute Gasteiger partial charge is 0.497 e. The van der Waals surface area contributed by atoms with Crippen molar-refractivity contribution in [3.63, 3.8) is 0 Å². The Kier molecular flexibility index (Phi) is 9.07. The lowest BCUT2D eigenvalue weighted by Gasteiger charge is -2.37. The van der Waals surface area contributed by atoms with Gasteiger partial charge in [0.15, 0.2) is 6.23 Å². The number of carboxylic acid groups (broad SMARTS) is 1. The Morgan fingerprint density at radius 1 is 1.07 bits per heavy atom. The van der Waals surface area contributed by atoms with Crippen molar-refractivity contribution in [3.8, 4) is 5.75 Å². The molecule has 0 saturated heterocycles. The zero-order chi connectivity index (χ0) is 28.9. The zero-order valence-corrected chi connectivity index (χ0v) is 23.4. The molecule has 0 spiro atoms. The first-order chi connectivity index (χ1) is 19.1. The number of thiophene rings is 1. The second kappa shape index (κ2) is 12.5. The molecular formula is C27H28N2O9S2. The standard InChI is InChI=1S/C27H28N2O9S2/c1-3-4-14-37-26(32)17-5-7-18(8-6-17)28-27(33)38-24-21-13-15-39-23(21)16-22(25(30)31)29(24)40(34,35)20-11-9-19(36-2)10-12-20/h5-13,15,22,24H,3-4,14,16H2,1-2H3,(H,28,33)(H,30,31). The number of carbonyl (C=O) groups excluding carboxylic acids is 2. The number of rotatable bonds is 10. The van der Waals surface area contributed by atoms with E-state index in [1.165, 1.54) is 67.0 Å². The summed E-state index contributed by atoms with van der Waals surface area (Å²) in [5.74, 6) is -1.46. The van der Waals surface area contributed by atoms with Gasteiger partial charge in [0.25, 0.3) is 0 Å². The van der Waals surface area contributed by atoms with E-state index in [9.17, 15) is 27.9 Å². The number of carboxylic acids is 1. The molecule has 13 heteroatoms. The molecule has 0 saturated carbocycles. The summed E-state index contributed by atoms with van der Waals surface area (Å²) < 4.78 is 44.1. The highest BCUT2D eigenvalue weighted by molar-refractivity contribution is 7.89. The molecule has 2 aromatic carbocycles. The number of benzene rings is 2. The molecule has 2 atom stereocenters. The molecular weight excluding hydrogens is 560 g/mol. The minimum atomic E-state index is -4.45. The number of hydrogen-bond acceptors (Lipinski definition) is 9. The van der Waals surface area contributed by atoms with Crippen LogP contribution in [0.15, 0.2) is 64.9 Å². The van der Waals surface area contributed by atoms with Gasteiger partial charge in [0.05, 0.1) is 24.2 Å². The number of hydrogen-bond donors (Lipinski definition) is 2. The van der Waals surface area contributed by atoms with Crippen molar-refractivity contribution < 1.29 is 42.1 Å². The van der Waals surface area contributed by atoms with Gasteiger partial charge in [0.1, 0.15) is 11.8 Å². The van der Waals surface area contributed by atoms with E-state index in [0.717, 1.165) is 12.8 Å². The summed E-state index contributed by atoms with van der Waals surface area (Å²) in [4.78, 5) is 37.8. The molecule has 2 heterocycles. The Labute approximate surface area is 235 Å². The van der Waals surface area contributed by atoms with E-state index < -0.39 is 40.3 Å². The Hall–Kier alpha value is -3.94. The molecule has 3 aromatic rings. The van der Waals surface area contributed by atoms with Crippen molar-refractivity contribution in [1.29, 1.82) is 0 Å². The molecule has 0 radical (unpaired) electrons. The van der Waals surface area contributed by atoms with Gasteiger partial charge in [0.2, 0.25) is 10.0 Å². The van der Waals surface area contributed by atoms with Crippen LogP contribution in [0.2, 0.25) is 0 Å². The lowest BCUT2D eigenvalue weighted by molar-refractivity contribution is -0.145. The number of anilines is 1. The lowest BCUT2D eigenvalue weighted by Crippen LogP contribution is -2.52. The Morgan fingerprint density at radius 2 is 1.77 bits per heavy atom. The number of aliphatic carboxylic acids is 1. The Bertz CT molecular complexity index is 1470. The van der Waals surface area contributed by atoms with Crippen LogP contribution in [0.5, 0.6) is 5.75 Å². The molecule has 2 unspecified atom stereocenters. The first-order valence-corrected chi connectivity index (χ1v) is 14.7. The molecule has 1 aromatic heterocycles. The molecule has 0 bridgehead atoms. The number of nitrogens with one attached hydrogen (secondary N) is 1. The zero-order valence-electron chi connectivity index (χ0n) is 21.7. The number of ether oxygens (including phenoxy) is 3. The fourth-order valence-electron chi connectivity index (χ4n) is 4.11. The van der Waals surface area contributed by atoms with Gasteiger partial charge in [-0.15, -0.1) is 15.6 Å². The average molecular weight is 589 g/mol. The van der Waals surface area contributed by atoms with Gasteiger partial charge in [-0.3, -0.25) is 10.1 Å². The quantitative estimate of drug-likeness (QED) is 0.255. The number of unbranched alkanes of at least 4 members (excludes halogenated alkanes) is 1. The van der Waals surface area contributed by atoms with Crippen LogP contribution in [0.3, 0.4) is 0 Å². The van der Waals surface area contributed by atoms with Crippen LogP contribution in [-0.2, 0) is 30.7 Å². The summed E-state index contributed by atoms with van der Waals surface area (Å²) >= 11 is 1.25. The van der Waals surface area contributed by atoms with E-state index in [1.54, 1.807) is 11.4 Å². The monoisotopic (exact) mass is 588 g/mol. The molecule has 1 aliphatic heterocycles. The van der Waals surface area contributed by atoms with Gasteiger partial charge in [0, 0.05) is 22.5 Å². The van der Waals surface area contributed by atoms with Gasteiger partial charge in [-0.05, 0) is 66.4 Å². The van der Waals surface area contributed by atoms with Crippen molar-refractivity contribution in [3.05, 3.63) is 76.0 Å². The minimum Gasteiger partial charge on any atom is -0.497 e. The topological polar surface area (TPSA) is 149 Å². The Balaban J connectivity index is 1.59. The molecule has 212 valence electrons. The summed E-state index contributed by atoms with van der Waals surface area (Å²) in [5, 5.41) is 14.2. The number of carbonyl (C=O) groups is 3. The van der Waals surface area contributed by atoms with Crippen LogP contribution < -0.4 is 10.1 Å². The van der Waals surface area contributed by atoms with Gasteiger partial charge in [-0.1, -0.05) is 13.3 Å². The van der Waals surface area contributed by atoms with E-state index in [0.29, 0.717) is 32.7 Å². The van der Waals surface area contributed by atoms with Crippen molar-refractivity contribution in [2.75, 3.05) is 19.0 Å². The molecule has 40 heavy (non-hydrogen) atoms. The number of amides is 1. The summed E-state index contributed by atoms with van der Waals surface area (Å²) in [6, 6.07) is 11.4. The van der Waals surface area contributed by atoms with Crippen LogP contribution in [0.4, 0.5) is 10.5 Å². The summed E-state index contributed by atoms with van der Waals surface area (Å²) in [5.41, 5.74) is 0.946. The maximum Gasteiger partial charge on any atom is 0.413 e. The van der Waals surface area contributed by atoms with E-state index in [1.807, 2.05) is 6.92 Å². The van der Waals surface area contributed by atoms with E-state index in [-0.39, 0.29) is 17.0 Å². The molecule has 11 nitrogen and oxygen atoms in total. The molecule has 1 aliphatic rings. The fraction of sp³-hybridized carbons (Fsp3) is 0.296. The number of fused-ring (bicyclic) bond motifs is 1. The highest BCUT2D eigenvalue weighted by atomic mass is 32.2. The first-order valence-electron chi connectivity index (χ1n) is 12.4. The van der Waals surface area contributed by atoms with E-state index in [2.05, 4.69) is 5.32 Å². The molecule has 0 aliphatic carbocycles. The number of sulfonamides is 1. The lowest BCUT2D eigenvalue weighted by atomic mass is 10.0. The predicted molar refractivity (Wildman–Crippen MR) is 146 cm³/mol. The third kappa shape index (κ3) is 6.27. The normalized spacial score (nSPS) is 16.9. The van der Waals surface area contributed by atoms with Gasteiger partial charge < -0.3 is 19.3 Å². The van der Waals surface area contributed by atoms with Crippen molar-refractivity contribution in [2.24, 2.45) is 0 Å². The van der Waals surface area contributed by atoms with Crippen LogP contribution in [0.25, 0.3) is 0 Å². The van der Waals surface area contributed by atoms with Crippen LogP contribution in [-0.4, -0.2) is 55.6 Å². The van der Waals surface area contributed by atoms with E-state index >= 15 is 0 Å². The maximum absolute atomic E-state index is 13.7. The molecule has 4 rings (SSSR count). The molecule has 2 N–H and O–H groups in total. The second-order valence-corrected chi connectivity index (χ2v) is 11.7. The third-order valence-corrected chi connectivity index (χ3v) is 9.03. The number of nitrogens with zero attached hydrogens (tertiary/aromatic N) is 1. The minimum absolute atomic E-state index is 0.0883. The summed E-state index contributed by atoms with van der Waals surface area (Å²) in [6.45, 7) is 2.29. The van der Waals surface area contributed by atoms with Crippen molar-refractivity contribution in [2.45, 2.75) is 43.4 Å². The number of esters is 1.